The Hall–Kier alpha value is -0.940. The lowest BCUT2D eigenvalue weighted by atomic mass is 10.1. The van der Waals surface area contributed by atoms with Crippen molar-refractivity contribution in [1.29, 1.82) is 0 Å². The standard InChI is InChI=1S/C9H16N4.2C2H6/c1-7-4-3-5-8(6-7)9(10)12-13(2)11;2*1-2/h3-6,9,12H,10-11H2,1-2H3;2*1-2H3. The van der Waals surface area contributed by atoms with Gasteiger partial charge in [0.05, 0.1) is 6.17 Å². The molecule has 0 heterocycles. The lowest BCUT2D eigenvalue weighted by Crippen LogP contribution is -2.45. The number of aryl methyl sites for hydroxylation is 1. The van der Waals surface area contributed by atoms with Crippen LogP contribution >= 0.6 is 0 Å². The van der Waals surface area contributed by atoms with Crippen molar-refractivity contribution < 1.29 is 0 Å². The van der Waals surface area contributed by atoms with Crippen LogP contribution in [0.4, 0.5) is 0 Å². The highest BCUT2D eigenvalue weighted by molar-refractivity contribution is 5.24. The van der Waals surface area contributed by atoms with E-state index in [1.165, 1.54) is 10.7 Å². The van der Waals surface area contributed by atoms with Crippen molar-refractivity contribution in [3.8, 4) is 0 Å². The van der Waals surface area contributed by atoms with E-state index >= 15 is 0 Å². The Morgan fingerprint density at radius 3 is 2.12 bits per heavy atom. The van der Waals surface area contributed by atoms with Crippen LogP contribution in [0.1, 0.15) is 45.0 Å². The van der Waals surface area contributed by atoms with Gasteiger partial charge in [-0.25, -0.2) is 5.43 Å². The smallest absolute Gasteiger partial charge is 0.0954 e. The molecule has 1 unspecified atom stereocenters. The van der Waals surface area contributed by atoms with Crippen molar-refractivity contribution in [2.45, 2.75) is 40.8 Å². The van der Waals surface area contributed by atoms with Gasteiger partial charge in [-0.15, -0.1) is 0 Å². The summed E-state index contributed by atoms with van der Waals surface area (Å²) in [4.78, 5) is 0. The summed E-state index contributed by atoms with van der Waals surface area (Å²) in [5.74, 6) is 5.41. The number of hydrazine groups is 2. The molecule has 0 aliphatic rings. The van der Waals surface area contributed by atoms with Gasteiger partial charge in [0.15, 0.2) is 0 Å². The average molecular weight is 240 g/mol. The van der Waals surface area contributed by atoms with Crippen LogP contribution in [0.2, 0.25) is 0 Å². The fourth-order valence-corrected chi connectivity index (χ4v) is 1.16. The minimum Gasteiger partial charge on any atom is -0.311 e. The molecular weight excluding hydrogens is 212 g/mol. The SMILES string of the molecule is CC.CC.Cc1cccc(C(N)NN(C)N)c1. The molecule has 0 saturated heterocycles. The van der Waals surface area contributed by atoms with Gasteiger partial charge in [-0.3, -0.25) is 5.84 Å². The molecule has 100 valence electrons. The van der Waals surface area contributed by atoms with Crippen LogP contribution in [0, 0.1) is 6.92 Å². The zero-order valence-corrected chi connectivity index (χ0v) is 12.0. The third kappa shape index (κ3) is 8.83. The van der Waals surface area contributed by atoms with Gasteiger partial charge in [-0.2, -0.15) is 5.12 Å². The molecule has 0 saturated carbocycles. The first-order valence-electron chi connectivity index (χ1n) is 6.16. The van der Waals surface area contributed by atoms with E-state index in [1.54, 1.807) is 7.05 Å². The predicted molar refractivity (Wildman–Crippen MR) is 75.9 cm³/mol. The maximum absolute atomic E-state index is 5.83. The Morgan fingerprint density at radius 2 is 1.71 bits per heavy atom. The van der Waals surface area contributed by atoms with Crippen LogP contribution < -0.4 is 17.0 Å². The zero-order valence-electron chi connectivity index (χ0n) is 12.0. The molecule has 1 rings (SSSR count). The summed E-state index contributed by atoms with van der Waals surface area (Å²) in [7, 11) is 1.70. The van der Waals surface area contributed by atoms with Gasteiger partial charge in [-0.1, -0.05) is 57.5 Å². The van der Waals surface area contributed by atoms with Crippen molar-refractivity contribution in [3.63, 3.8) is 0 Å². The van der Waals surface area contributed by atoms with Crippen LogP contribution in [0.3, 0.4) is 0 Å². The fraction of sp³-hybridized carbons (Fsp3) is 0.538. The molecule has 1 aromatic carbocycles. The summed E-state index contributed by atoms with van der Waals surface area (Å²) in [6.45, 7) is 10.0. The predicted octanol–water partition coefficient (Wildman–Crippen LogP) is 2.31. The lowest BCUT2D eigenvalue weighted by molar-refractivity contribution is 0.205. The van der Waals surface area contributed by atoms with E-state index in [0.29, 0.717) is 0 Å². The monoisotopic (exact) mass is 240 g/mol. The van der Waals surface area contributed by atoms with Gasteiger partial charge in [-0.05, 0) is 12.5 Å². The molecule has 0 spiro atoms. The van der Waals surface area contributed by atoms with Crippen molar-refractivity contribution in [2.24, 2.45) is 11.6 Å². The highest BCUT2D eigenvalue weighted by Gasteiger charge is 2.05. The maximum Gasteiger partial charge on any atom is 0.0954 e. The maximum atomic E-state index is 5.83. The number of rotatable bonds is 3. The van der Waals surface area contributed by atoms with Gasteiger partial charge in [0, 0.05) is 7.05 Å². The number of nitrogens with zero attached hydrogens (tertiary/aromatic N) is 1. The second-order valence-corrected chi connectivity index (χ2v) is 3.13. The molecule has 5 N–H and O–H groups in total. The van der Waals surface area contributed by atoms with Crippen LogP contribution in [-0.4, -0.2) is 12.2 Å². The topological polar surface area (TPSA) is 67.3 Å². The molecule has 0 aliphatic heterocycles. The second-order valence-electron chi connectivity index (χ2n) is 3.13. The Morgan fingerprint density at radius 1 is 1.18 bits per heavy atom. The van der Waals surface area contributed by atoms with Crippen LogP contribution in [0.15, 0.2) is 24.3 Å². The van der Waals surface area contributed by atoms with E-state index in [1.807, 2.05) is 58.9 Å². The molecule has 0 amide bonds. The van der Waals surface area contributed by atoms with Crippen LogP contribution in [0.5, 0.6) is 0 Å². The molecule has 1 atom stereocenters. The molecule has 0 aromatic heterocycles. The zero-order chi connectivity index (χ0) is 13.8. The number of hydrogen-bond donors (Lipinski definition) is 3. The highest BCUT2D eigenvalue weighted by atomic mass is 15.7. The third-order valence-corrected chi connectivity index (χ3v) is 1.74. The van der Waals surface area contributed by atoms with Gasteiger partial charge >= 0.3 is 0 Å². The van der Waals surface area contributed by atoms with E-state index in [2.05, 4.69) is 5.43 Å². The quantitative estimate of drug-likeness (QED) is 0.431. The Balaban J connectivity index is 0. The van der Waals surface area contributed by atoms with E-state index in [9.17, 15) is 0 Å². The molecule has 17 heavy (non-hydrogen) atoms. The number of nitrogens with two attached hydrogens (primary N) is 2. The minimum absolute atomic E-state index is 0.255. The Bertz CT molecular complexity index is 274. The van der Waals surface area contributed by atoms with Crippen LogP contribution in [0.25, 0.3) is 0 Å². The van der Waals surface area contributed by atoms with E-state index < -0.39 is 0 Å². The van der Waals surface area contributed by atoms with Crippen molar-refractivity contribution in [1.82, 2.24) is 10.5 Å². The molecule has 4 nitrogen and oxygen atoms in total. The summed E-state index contributed by atoms with van der Waals surface area (Å²) in [6, 6.07) is 8.00. The average Bonchev–Trinajstić information content (AvgIpc) is 2.33. The van der Waals surface area contributed by atoms with Gasteiger partial charge in [0.25, 0.3) is 0 Å². The van der Waals surface area contributed by atoms with Crippen molar-refractivity contribution in [2.75, 3.05) is 7.05 Å². The van der Waals surface area contributed by atoms with Crippen molar-refractivity contribution in [3.05, 3.63) is 35.4 Å². The third-order valence-electron chi connectivity index (χ3n) is 1.74. The number of hydrogen-bond acceptors (Lipinski definition) is 4. The largest absolute Gasteiger partial charge is 0.311 e. The summed E-state index contributed by atoms with van der Waals surface area (Å²) in [6.07, 6.45) is -0.255. The van der Waals surface area contributed by atoms with E-state index in [4.69, 9.17) is 11.6 Å². The number of nitrogens with one attached hydrogen (secondary N) is 1. The molecule has 1 aromatic rings. The van der Waals surface area contributed by atoms with E-state index in [0.717, 1.165) is 5.56 Å². The Labute approximate surface area is 106 Å². The van der Waals surface area contributed by atoms with Gasteiger partial charge in [0.2, 0.25) is 0 Å². The second kappa shape index (κ2) is 11.5. The molecule has 0 bridgehead atoms. The molecule has 4 heteroatoms. The lowest BCUT2D eigenvalue weighted by Gasteiger charge is -2.19. The first-order valence-corrected chi connectivity index (χ1v) is 6.16. The summed E-state index contributed by atoms with van der Waals surface area (Å²) in [5, 5.41) is 1.35. The van der Waals surface area contributed by atoms with Crippen molar-refractivity contribution >= 4 is 0 Å². The summed E-state index contributed by atoms with van der Waals surface area (Å²) >= 11 is 0. The molecular formula is C13H28N4. The molecule has 0 fully saturated rings. The summed E-state index contributed by atoms with van der Waals surface area (Å²) < 4.78 is 0. The fourth-order valence-electron chi connectivity index (χ4n) is 1.16. The summed E-state index contributed by atoms with van der Waals surface area (Å²) in [5.41, 5.74) is 10.9. The van der Waals surface area contributed by atoms with Gasteiger partial charge in [0.1, 0.15) is 0 Å². The normalized spacial score (nSPS) is 10.9. The molecule has 0 aliphatic carbocycles. The van der Waals surface area contributed by atoms with E-state index in [-0.39, 0.29) is 6.17 Å². The molecule has 0 radical (unpaired) electrons. The Kier molecular flexibility index (Phi) is 12.5. The highest BCUT2D eigenvalue weighted by Crippen LogP contribution is 2.09. The van der Waals surface area contributed by atoms with Crippen LogP contribution in [-0.2, 0) is 0 Å². The van der Waals surface area contributed by atoms with Gasteiger partial charge < -0.3 is 5.73 Å². The first-order chi connectivity index (χ1) is 8.09. The number of benzene rings is 1. The first kappa shape index (κ1) is 18.4. The minimum atomic E-state index is -0.255.